The minimum atomic E-state index is 0.707. The third-order valence-corrected chi connectivity index (χ3v) is 2.08. The van der Waals surface area contributed by atoms with Crippen LogP contribution in [0.2, 0.25) is 0 Å². The summed E-state index contributed by atoms with van der Waals surface area (Å²) in [5.74, 6) is 0. The number of carbonyl (C=O) groups is 1. The van der Waals surface area contributed by atoms with E-state index in [1.54, 1.807) is 12.4 Å². The lowest BCUT2D eigenvalue weighted by Crippen LogP contribution is -1.86. The predicted molar refractivity (Wildman–Crippen MR) is 77.8 cm³/mol. The van der Waals surface area contributed by atoms with Gasteiger partial charge in [0, 0.05) is 18.0 Å². The number of rotatable bonds is 2. The molecule has 0 saturated heterocycles. The van der Waals surface area contributed by atoms with Crippen LogP contribution in [-0.4, -0.2) is 11.3 Å². The minimum absolute atomic E-state index is 0.707. The van der Waals surface area contributed by atoms with E-state index in [2.05, 4.69) is 4.98 Å². The lowest BCUT2D eigenvalue weighted by Gasteiger charge is -2.03. The Morgan fingerprint density at radius 1 is 0.889 bits per heavy atom. The van der Waals surface area contributed by atoms with Crippen molar-refractivity contribution in [2.75, 3.05) is 0 Å². The van der Waals surface area contributed by atoms with Crippen molar-refractivity contribution in [3.8, 4) is 11.1 Å². The van der Waals surface area contributed by atoms with Gasteiger partial charge in [-0.3, -0.25) is 9.78 Å². The first-order valence-electron chi connectivity index (χ1n) is 6.36. The van der Waals surface area contributed by atoms with Gasteiger partial charge >= 0.3 is 0 Å². The van der Waals surface area contributed by atoms with E-state index in [0.29, 0.717) is 5.56 Å². The van der Waals surface area contributed by atoms with Crippen molar-refractivity contribution in [2.24, 2.45) is 0 Å². The van der Waals surface area contributed by atoms with Gasteiger partial charge in [-0.1, -0.05) is 52.0 Å². The van der Waals surface area contributed by atoms with Crippen LogP contribution in [0.15, 0.2) is 48.8 Å². The van der Waals surface area contributed by atoms with Crippen LogP contribution in [0.1, 0.15) is 38.1 Å². The Balaban J connectivity index is 0.000000659. The Morgan fingerprint density at radius 2 is 1.44 bits per heavy atom. The summed E-state index contributed by atoms with van der Waals surface area (Å²) < 4.78 is 0. The van der Waals surface area contributed by atoms with Gasteiger partial charge in [-0.05, 0) is 23.3 Å². The molecule has 0 saturated carbocycles. The summed E-state index contributed by atoms with van der Waals surface area (Å²) in [6, 6.07) is 11.3. The fourth-order valence-corrected chi connectivity index (χ4v) is 1.39. The van der Waals surface area contributed by atoms with Gasteiger partial charge in [0.05, 0.1) is 0 Å². The first-order chi connectivity index (χ1) is 8.92. The van der Waals surface area contributed by atoms with Crippen LogP contribution in [0.4, 0.5) is 0 Å². The standard InChI is InChI=1S/C12H9NO.2C2H6/c14-9-11-3-1-2-4-12(11)10-5-7-13-8-6-10;2*1-2/h1-9H;2*1-2H3. The lowest BCUT2D eigenvalue weighted by atomic mass is 10.0. The monoisotopic (exact) mass is 243 g/mol. The Labute approximate surface area is 110 Å². The van der Waals surface area contributed by atoms with Crippen molar-refractivity contribution < 1.29 is 4.79 Å². The highest BCUT2D eigenvalue weighted by Crippen LogP contribution is 2.21. The van der Waals surface area contributed by atoms with E-state index in [9.17, 15) is 4.79 Å². The molecule has 2 aromatic rings. The summed E-state index contributed by atoms with van der Waals surface area (Å²) >= 11 is 0. The van der Waals surface area contributed by atoms with Gasteiger partial charge in [-0.2, -0.15) is 0 Å². The van der Waals surface area contributed by atoms with Gasteiger partial charge in [0.2, 0.25) is 0 Å². The molecule has 2 nitrogen and oxygen atoms in total. The number of nitrogens with zero attached hydrogens (tertiary/aromatic N) is 1. The summed E-state index contributed by atoms with van der Waals surface area (Å²) in [5, 5.41) is 0. The molecule has 0 fully saturated rings. The van der Waals surface area contributed by atoms with Crippen molar-refractivity contribution in [3.63, 3.8) is 0 Å². The predicted octanol–water partition coefficient (Wildman–Crippen LogP) is 4.61. The third kappa shape index (κ3) is 4.50. The van der Waals surface area contributed by atoms with E-state index in [1.807, 2.05) is 64.1 Å². The second-order valence-corrected chi connectivity index (χ2v) is 2.94. The first kappa shape index (κ1) is 16.0. The van der Waals surface area contributed by atoms with E-state index in [-0.39, 0.29) is 0 Å². The largest absolute Gasteiger partial charge is 0.298 e. The first-order valence-corrected chi connectivity index (χ1v) is 6.36. The van der Waals surface area contributed by atoms with Crippen molar-refractivity contribution in [1.82, 2.24) is 4.98 Å². The molecule has 0 aliphatic heterocycles. The van der Waals surface area contributed by atoms with Crippen LogP contribution in [0.25, 0.3) is 11.1 Å². The van der Waals surface area contributed by atoms with Gasteiger partial charge in [0.1, 0.15) is 0 Å². The van der Waals surface area contributed by atoms with Gasteiger partial charge in [0.15, 0.2) is 6.29 Å². The SMILES string of the molecule is CC.CC.O=Cc1ccccc1-c1ccncc1. The van der Waals surface area contributed by atoms with E-state index in [4.69, 9.17) is 0 Å². The maximum atomic E-state index is 10.8. The molecular formula is C16H21NO. The smallest absolute Gasteiger partial charge is 0.150 e. The molecule has 0 amide bonds. The highest BCUT2D eigenvalue weighted by molar-refractivity contribution is 5.87. The fourth-order valence-electron chi connectivity index (χ4n) is 1.39. The fraction of sp³-hybridized carbons (Fsp3) is 0.250. The van der Waals surface area contributed by atoms with Gasteiger partial charge < -0.3 is 0 Å². The molecule has 18 heavy (non-hydrogen) atoms. The summed E-state index contributed by atoms with van der Waals surface area (Å²) in [4.78, 5) is 14.7. The Hall–Kier alpha value is -1.96. The number of benzene rings is 1. The second-order valence-electron chi connectivity index (χ2n) is 2.94. The van der Waals surface area contributed by atoms with Gasteiger partial charge in [-0.15, -0.1) is 0 Å². The molecule has 0 atom stereocenters. The average molecular weight is 243 g/mol. The molecule has 2 heteroatoms. The second kappa shape index (κ2) is 10.2. The third-order valence-electron chi connectivity index (χ3n) is 2.08. The van der Waals surface area contributed by atoms with Crippen LogP contribution in [0.3, 0.4) is 0 Å². The number of aromatic nitrogens is 1. The zero-order valence-corrected chi connectivity index (χ0v) is 11.6. The maximum Gasteiger partial charge on any atom is 0.150 e. The lowest BCUT2D eigenvalue weighted by molar-refractivity contribution is 0.112. The molecule has 1 heterocycles. The van der Waals surface area contributed by atoms with Crippen LogP contribution < -0.4 is 0 Å². The van der Waals surface area contributed by atoms with Crippen molar-refractivity contribution >= 4 is 6.29 Å². The molecule has 2 rings (SSSR count). The van der Waals surface area contributed by atoms with Crippen molar-refractivity contribution in [1.29, 1.82) is 0 Å². The van der Waals surface area contributed by atoms with Crippen LogP contribution in [-0.2, 0) is 0 Å². The molecular weight excluding hydrogens is 222 g/mol. The Bertz CT molecular complexity index is 438. The number of aldehydes is 1. The molecule has 96 valence electrons. The molecule has 0 unspecified atom stereocenters. The molecule has 0 aliphatic carbocycles. The number of pyridine rings is 1. The normalized spacial score (nSPS) is 8.22. The van der Waals surface area contributed by atoms with Gasteiger partial charge in [-0.25, -0.2) is 0 Å². The zero-order chi connectivity index (χ0) is 13.8. The average Bonchev–Trinajstić information content (AvgIpc) is 2.52. The quantitative estimate of drug-likeness (QED) is 0.721. The van der Waals surface area contributed by atoms with E-state index < -0.39 is 0 Å². The summed E-state index contributed by atoms with van der Waals surface area (Å²) in [6.07, 6.45) is 4.31. The number of hydrogen-bond donors (Lipinski definition) is 0. The minimum Gasteiger partial charge on any atom is -0.298 e. The summed E-state index contributed by atoms with van der Waals surface area (Å²) in [6.45, 7) is 8.00. The Morgan fingerprint density at radius 3 is 2.00 bits per heavy atom. The molecule has 0 N–H and O–H groups in total. The molecule has 0 radical (unpaired) electrons. The van der Waals surface area contributed by atoms with Crippen LogP contribution >= 0.6 is 0 Å². The number of carbonyl (C=O) groups excluding carboxylic acids is 1. The van der Waals surface area contributed by atoms with Crippen molar-refractivity contribution in [2.45, 2.75) is 27.7 Å². The maximum absolute atomic E-state index is 10.8. The van der Waals surface area contributed by atoms with E-state index in [0.717, 1.165) is 17.4 Å². The molecule has 0 aliphatic rings. The topological polar surface area (TPSA) is 30.0 Å². The highest BCUT2D eigenvalue weighted by atomic mass is 16.1. The molecule has 1 aromatic carbocycles. The van der Waals surface area contributed by atoms with E-state index >= 15 is 0 Å². The van der Waals surface area contributed by atoms with Gasteiger partial charge in [0.25, 0.3) is 0 Å². The van der Waals surface area contributed by atoms with E-state index in [1.165, 1.54) is 0 Å². The van der Waals surface area contributed by atoms with Crippen molar-refractivity contribution in [3.05, 3.63) is 54.4 Å². The molecule has 0 spiro atoms. The summed E-state index contributed by atoms with van der Waals surface area (Å²) in [5.41, 5.74) is 2.67. The highest BCUT2D eigenvalue weighted by Gasteiger charge is 2.01. The Kier molecular flexibility index (Phi) is 9.10. The molecule has 0 bridgehead atoms. The molecule has 1 aromatic heterocycles. The number of hydrogen-bond acceptors (Lipinski definition) is 2. The zero-order valence-electron chi connectivity index (χ0n) is 11.6. The summed E-state index contributed by atoms with van der Waals surface area (Å²) in [7, 11) is 0. The van der Waals surface area contributed by atoms with Crippen LogP contribution in [0.5, 0.6) is 0 Å². The van der Waals surface area contributed by atoms with Crippen LogP contribution in [0, 0.1) is 0 Å².